The largest absolute Gasteiger partial charge is 0.494 e. The van der Waals surface area contributed by atoms with Crippen molar-refractivity contribution >= 4 is 23.7 Å². The molecule has 6 nitrogen and oxygen atoms in total. The lowest BCUT2D eigenvalue weighted by Gasteiger charge is -2.11. The molecule has 32 heavy (non-hydrogen) atoms. The van der Waals surface area contributed by atoms with E-state index in [1.807, 2.05) is 63.2 Å². The molecule has 0 unspecified atom stereocenters. The van der Waals surface area contributed by atoms with Gasteiger partial charge >= 0.3 is 0 Å². The lowest BCUT2D eigenvalue weighted by molar-refractivity contribution is -0.121. The van der Waals surface area contributed by atoms with Gasteiger partial charge in [-0.25, -0.2) is 5.43 Å². The topological polar surface area (TPSA) is 75.8 Å². The summed E-state index contributed by atoms with van der Waals surface area (Å²) in [5.41, 5.74) is 7.19. The Labute approximate surface area is 193 Å². The van der Waals surface area contributed by atoms with E-state index in [0.717, 1.165) is 34.0 Å². The van der Waals surface area contributed by atoms with Crippen LogP contribution in [0.5, 0.6) is 5.75 Å². The molecule has 0 spiro atoms. The van der Waals surface area contributed by atoms with Gasteiger partial charge in [-0.1, -0.05) is 29.8 Å². The Morgan fingerprint density at radius 1 is 1.22 bits per heavy atom. The fourth-order valence-electron chi connectivity index (χ4n) is 3.55. The van der Waals surface area contributed by atoms with Crippen molar-refractivity contribution in [3.8, 4) is 11.4 Å². The number of carbonyl (C=O) groups excluding carboxylic acids is 1. The standard InChI is InChI=1S/C25H28ClN3O3/c1-4-32-23-10-8-19(9-11-23)24(30)12-13-25(31)28-27-16-20-14-17(2)29(18(20)3)22-7-5-6-21(26)15-22/h5-11,14-16,24,30H,4,12-13H2,1-3H3,(H,28,31)/b27-16-/t24-/m1/s1. The van der Waals surface area contributed by atoms with Gasteiger partial charge in [-0.3, -0.25) is 4.79 Å². The summed E-state index contributed by atoms with van der Waals surface area (Å²) in [4.78, 5) is 12.1. The third-order valence-corrected chi connectivity index (χ3v) is 5.39. The summed E-state index contributed by atoms with van der Waals surface area (Å²) in [6, 6.07) is 16.9. The van der Waals surface area contributed by atoms with Gasteiger partial charge in [0.25, 0.3) is 0 Å². The maximum absolute atomic E-state index is 12.1. The molecule has 0 saturated carbocycles. The van der Waals surface area contributed by atoms with Crippen LogP contribution in [0.15, 0.2) is 59.7 Å². The van der Waals surface area contributed by atoms with Crippen molar-refractivity contribution in [1.29, 1.82) is 0 Å². The minimum absolute atomic E-state index is 0.160. The number of nitrogens with zero attached hydrogens (tertiary/aromatic N) is 2. The highest BCUT2D eigenvalue weighted by molar-refractivity contribution is 6.30. The number of amides is 1. The zero-order chi connectivity index (χ0) is 23.1. The fourth-order valence-corrected chi connectivity index (χ4v) is 3.73. The van der Waals surface area contributed by atoms with Crippen LogP contribution >= 0.6 is 11.6 Å². The second-order valence-electron chi connectivity index (χ2n) is 7.49. The molecule has 0 aliphatic rings. The summed E-state index contributed by atoms with van der Waals surface area (Å²) in [6.07, 6.45) is 1.37. The third-order valence-electron chi connectivity index (χ3n) is 5.15. The minimum Gasteiger partial charge on any atom is -0.494 e. The highest BCUT2D eigenvalue weighted by atomic mass is 35.5. The van der Waals surface area contributed by atoms with E-state index in [1.54, 1.807) is 18.3 Å². The number of halogens is 1. The number of aromatic nitrogens is 1. The Morgan fingerprint density at radius 3 is 2.66 bits per heavy atom. The van der Waals surface area contributed by atoms with Crippen molar-refractivity contribution in [1.82, 2.24) is 9.99 Å². The van der Waals surface area contributed by atoms with Gasteiger partial charge in [-0.05, 0) is 69.2 Å². The molecule has 1 aromatic heterocycles. The van der Waals surface area contributed by atoms with E-state index < -0.39 is 6.10 Å². The zero-order valence-electron chi connectivity index (χ0n) is 18.5. The van der Waals surface area contributed by atoms with E-state index >= 15 is 0 Å². The maximum Gasteiger partial charge on any atom is 0.240 e. The molecule has 0 bridgehead atoms. The van der Waals surface area contributed by atoms with Gasteiger partial charge in [0, 0.05) is 34.1 Å². The summed E-state index contributed by atoms with van der Waals surface area (Å²) in [5, 5.41) is 15.1. The lowest BCUT2D eigenvalue weighted by atomic mass is 10.0. The average Bonchev–Trinajstić information content (AvgIpc) is 3.05. The molecule has 3 aromatic rings. The number of rotatable bonds is 9. The summed E-state index contributed by atoms with van der Waals surface area (Å²) in [6.45, 7) is 6.50. The summed E-state index contributed by atoms with van der Waals surface area (Å²) in [5.74, 6) is 0.500. The molecule has 168 valence electrons. The number of benzene rings is 2. The van der Waals surface area contributed by atoms with Crippen molar-refractivity contribution in [2.75, 3.05) is 6.61 Å². The first kappa shape index (κ1) is 23.6. The quantitative estimate of drug-likeness (QED) is 0.349. The number of hydrogen-bond acceptors (Lipinski definition) is 4. The van der Waals surface area contributed by atoms with Crippen LogP contribution in [0, 0.1) is 13.8 Å². The predicted molar refractivity (Wildman–Crippen MR) is 128 cm³/mol. The summed E-state index contributed by atoms with van der Waals surface area (Å²) < 4.78 is 7.48. The molecule has 3 rings (SSSR count). The van der Waals surface area contributed by atoms with E-state index in [0.29, 0.717) is 18.1 Å². The summed E-state index contributed by atoms with van der Waals surface area (Å²) >= 11 is 6.12. The van der Waals surface area contributed by atoms with Crippen LogP contribution in [0.3, 0.4) is 0 Å². The van der Waals surface area contributed by atoms with Crippen LogP contribution in [-0.2, 0) is 4.79 Å². The van der Waals surface area contributed by atoms with Crippen molar-refractivity contribution in [3.05, 3.63) is 82.1 Å². The number of aliphatic hydroxyl groups excluding tert-OH is 1. The minimum atomic E-state index is -0.725. The highest BCUT2D eigenvalue weighted by Crippen LogP contribution is 2.23. The molecule has 1 heterocycles. The number of carbonyl (C=O) groups is 1. The molecule has 0 saturated heterocycles. The Balaban J connectivity index is 1.55. The fraction of sp³-hybridized carbons (Fsp3) is 0.280. The molecular formula is C25H28ClN3O3. The Morgan fingerprint density at radius 2 is 1.97 bits per heavy atom. The average molecular weight is 454 g/mol. The van der Waals surface area contributed by atoms with Gasteiger partial charge < -0.3 is 14.4 Å². The maximum atomic E-state index is 12.1. The van der Waals surface area contributed by atoms with Crippen LogP contribution in [0.1, 0.15) is 48.4 Å². The van der Waals surface area contributed by atoms with E-state index in [1.165, 1.54) is 0 Å². The summed E-state index contributed by atoms with van der Waals surface area (Å²) in [7, 11) is 0. The Bertz CT molecular complexity index is 1090. The number of nitrogens with one attached hydrogen (secondary N) is 1. The van der Waals surface area contributed by atoms with Gasteiger partial charge in [-0.15, -0.1) is 0 Å². The number of hydrogen-bond donors (Lipinski definition) is 2. The molecule has 2 N–H and O–H groups in total. The molecule has 2 aromatic carbocycles. The normalized spacial score (nSPS) is 12.2. The van der Waals surface area contributed by atoms with Crippen molar-refractivity contribution in [3.63, 3.8) is 0 Å². The van der Waals surface area contributed by atoms with Gasteiger partial charge in [0.2, 0.25) is 5.91 Å². The third kappa shape index (κ3) is 5.99. The van der Waals surface area contributed by atoms with Gasteiger partial charge in [0.1, 0.15) is 5.75 Å². The molecule has 0 fully saturated rings. The second kappa shape index (κ2) is 11.0. The predicted octanol–water partition coefficient (Wildman–Crippen LogP) is 5.11. The first-order chi connectivity index (χ1) is 15.4. The highest BCUT2D eigenvalue weighted by Gasteiger charge is 2.12. The number of hydrazone groups is 1. The van der Waals surface area contributed by atoms with Crippen molar-refractivity contribution < 1.29 is 14.6 Å². The molecular weight excluding hydrogens is 426 g/mol. The number of aliphatic hydroxyl groups is 1. The van der Waals surface area contributed by atoms with Crippen molar-refractivity contribution in [2.24, 2.45) is 5.10 Å². The van der Waals surface area contributed by atoms with Crippen LogP contribution in [0.25, 0.3) is 5.69 Å². The van der Waals surface area contributed by atoms with E-state index in [-0.39, 0.29) is 12.3 Å². The molecule has 0 aliphatic carbocycles. The molecule has 0 aliphatic heterocycles. The molecule has 7 heteroatoms. The number of ether oxygens (including phenoxy) is 1. The van der Waals surface area contributed by atoms with Gasteiger partial charge in [-0.2, -0.15) is 5.10 Å². The first-order valence-corrected chi connectivity index (χ1v) is 10.9. The van der Waals surface area contributed by atoms with Crippen LogP contribution < -0.4 is 10.2 Å². The van der Waals surface area contributed by atoms with E-state index in [2.05, 4.69) is 15.1 Å². The second-order valence-corrected chi connectivity index (χ2v) is 7.93. The lowest BCUT2D eigenvalue weighted by Crippen LogP contribution is -2.18. The SMILES string of the molecule is CCOc1ccc([C@H](O)CCC(=O)N/N=C\c2cc(C)n(-c3cccc(Cl)c3)c2C)cc1. The Kier molecular flexibility index (Phi) is 8.09. The van der Waals surface area contributed by atoms with Crippen molar-refractivity contribution in [2.45, 2.75) is 39.7 Å². The molecule has 1 atom stereocenters. The van der Waals surface area contributed by atoms with Gasteiger partial charge in [0.05, 0.1) is 18.9 Å². The number of aryl methyl sites for hydroxylation is 1. The first-order valence-electron chi connectivity index (χ1n) is 10.6. The molecule has 0 radical (unpaired) electrons. The van der Waals surface area contributed by atoms with Crippen LogP contribution in [0.2, 0.25) is 5.02 Å². The van der Waals surface area contributed by atoms with E-state index in [9.17, 15) is 9.90 Å². The van der Waals surface area contributed by atoms with Crippen LogP contribution in [0.4, 0.5) is 0 Å². The van der Waals surface area contributed by atoms with E-state index in [4.69, 9.17) is 16.3 Å². The van der Waals surface area contributed by atoms with Gasteiger partial charge in [0.15, 0.2) is 0 Å². The molecule has 1 amide bonds. The smallest absolute Gasteiger partial charge is 0.240 e. The Hall–Kier alpha value is -3.09. The van der Waals surface area contributed by atoms with Crippen LogP contribution in [-0.4, -0.2) is 28.4 Å². The monoisotopic (exact) mass is 453 g/mol. The zero-order valence-corrected chi connectivity index (χ0v) is 19.3.